The number of allylic oxidation sites excluding steroid dienone is 1. The van der Waals surface area contributed by atoms with Gasteiger partial charge in [-0.2, -0.15) is 0 Å². The van der Waals surface area contributed by atoms with Gasteiger partial charge in [-0.25, -0.2) is 0 Å². The van der Waals surface area contributed by atoms with Gasteiger partial charge in [0.1, 0.15) is 0 Å². The molecule has 132 valence electrons. The molecule has 1 saturated heterocycles. The molecule has 1 aromatic rings. The van der Waals surface area contributed by atoms with E-state index in [1.54, 1.807) is 0 Å². The maximum Gasteiger partial charge on any atom is 0.313 e. The van der Waals surface area contributed by atoms with Crippen LogP contribution in [0.25, 0.3) is 0 Å². The van der Waals surface area contributed by atoms with Crippen LogP contribution in [0.3, 0.4) is 0 Å². The number of fused-ring (bicyclic) bond motifs is 1. The van der Waals surface area contributed by atoms with Gasteiger partial charge in [-0.3, -0.25) is 9.59 Å². The lowest BCUT2D eigenvalue weighted by Crippen LogP contribution is -2.33. The predicted molar refractivity (Wildman–Crippen MR) is 95.1 cm³/mol. The van der Waals surface area contributed by atoms with E-state index in [9.17, 15) is 9.59 Å². The van der Waals surface area contributed by atoms with Crippen LogP contribution in [0.2, 0.25) is 0 Å². The van der Waals surface area contributed by atoms with Crippen molar-refractivity contribution in [1.82, 2.24) is 5.32 Å². The fourth-order valence-electron chi connectivity index (χ4n) is 4.74. The Morgan fingerprint density at radius 2 is 1.96 bits per heavy atom. The Morgan fingerprint density at radius 1 is 1.24 bits per heavy atom. The first-order valence-corrected chi connectivity index (χ1v) is 9.30. The van der Waals surface area contributed by atoms with Gasteiger partial charge in [-0.15, -0.1) is 0 Å². The van der Waals surface area contributed by atoms with E-state index in [0.29, 0.717) is 24.6 Å². The molecule has 3 aliphatic rings. The molecular formula is C21H25NO3. The van der Waals surface area contributed by atoms with Gasteiger partial charge in [0, 0.05) is 17.5 Å². The average Bonchev–Trinajstić information content (AvgIpc) is 3.27. The minimum absolute atomic E-state index is 0.00371. The van der Waals surface area contributed by atoms with Crippen LogP contribution in [0, 0.1) is 11.3 Å². The van der Waals surface area contributed by atoms with Gasteiger partial charge in [0.25, 0.3) is 5.91 Å². The number of cyclic esters (lactones) is 1. The number of hydrogen-bond donors (Lipinski definition) is 1. The smallest absolute Gasteiger partial charge is 0.313 e. The molecule has 4 nitrogen and oxygen atoms in total. The van der Waals surface area contributed by atoms with Gasteiger partial charge in [0.15, 0.2) is 0 Å². The molecule has 1 heterocycles. The zero-order valence-electron chi connectivity index (χ0n) is 14.6. The molecule has 25 heavy (non-hydrogen) atoms. The molecule has 3 fully saturated rings. The molecule has 4 rings (SSSR count). The molecule has 1 amide bonds. The number of amides is 1. The Labute approximate surface area is 148 Å². The maximum absolute atomic E-state index is 12.4. The summed E-state index contributed by atoms with van der Waals surface area (Å²) in [4.78, 5) is 24.7. The lowest BCUT2D eigenvalue weighted by atomic mass is 9.75. The number of nitrogens with one attached hydrogen (secondary N) is 1. The van der Waals surface area contributed by atoms with E-state index in [0.717, 1.165) is 36.8 Å². The fourth-order valence-corrected chi connectivity index (χ4v) is 4.74. The normalized spacial score (nSPS) is 28.9. The third-order valence-electron chi connectivity index (χ3n) is 6.13. The molecule has 1 aliphatic heterocycles. The zero-order valence-corrected chi connectivity index (χ0v) is 14.6. The second-order valence-electron chi connectivity index (χ2n) is 7.91. The van der Waals surface area contributed by atoms with Crippen LogP contribution in [0.1, 0.15) is 54.4 Å². The van der Waals surface area contributed by atoms with Crippen LogP contribution in [0.4, 0.5) is 0 Å². The second-order valence-corrected chi connectivity index (χ2v) is 7.91. The number of esters is 1. The third-order valence-corrected chi connectivity index (χ3v) is 6.13. The number of carbonyl (C=O) groups excluding carboxylic acids is 2. The highest BCUT2D eigenvalue weighted by Gasteiger charge is 2.55. The molecule has 2 atom stereocenters. The molecule has 2 aliphatic carbocycles. The maximum atomic E-state index is 12.4. The Hall–Kier alpha value is -2.10. The topological polar surface area (TPSA) is 55.4 Å². The quantitative estimate of drug-likeness (QED) is 0.675. The van der Waals surface area contributed by atoms with Crippen molar-refractivity contribution >= 4 is 11.9 Å². The summed E-state index contributed by atoms with van der Waals surface area (Å²) in [5.74, 6) is 0.168. The minimum atomic E-state index is -0.440. The summed E-state index contributed by atoms with van der Waals surface area (Å²) in [6.07, 6.45) is 6.84. The summed E-state index contributed by atoms with van der Waals surface area (Å²) in [6.45, 7) is 4.60. The van der Waals surface area contributed by atoms with E-state index in [1.807, 2.05) is 24.3 Å². The third kappa shape index (κ3) is 2.99. The van der Waals surface area contributed by atoms with Crippen molar-refractivity contribution in [1.29, 1.82) is 0 Å². The highest BCUT2D eigenvalue weighted by atomic mass is 16.5. The van der Waals surface area contributed by atoms with Gasteiger partial charge in [0.05, 0.1) is 12.0 Å². The molecule has 0 bridgehead atoms. The van der Waals surface area contributed by atoms with E-state index < -0.39 is 5.41 Å². The summed E-state index contributed by atoms with van der Waals surface area (Å²) < 4.78 is 5.34. The summed E-state index contributed by atoms with van der Waals surface area (Å²) in [5, 5.41) is 3.11. The number of hydrogen-bond acceptors (Lipinski definition) is 3. The zero-order chi connectivity index (χ0) is 17.4. The van der Waals surface area contributed by atoms with Crippen LogP contribution < -0.4 is 5.32 Å². The van der Waals surface area contributed by atoms with E-state index in [4.69, 9.17) is 4.74 Å². The van der Waals surface area contributed by atoms with Crippen molar-refractivity contribution in [3.05, 3.63) is 47.5 Å². The molecule has 0 aromatic heterocycles. The van der Waals surface area contributed by atoms with Crippen LogP contribution in [0.15, 0.2) is 36.4 Å². The predicted octanol–water partition coefficient (Wildman–Crippen LogP) is 3.41. The minimum Gasteiger partial charge on any atom is -0.465 e. The van der Waals surface area contributed by atoms with Crippen molar-refractivity contribution in [3.8, 4) is 0 Å². The highest BCUT2D eigenvalue weighted by Crippen LogP contribution is 2.52. The van der Waals surface area contributed by atoms with E-state index in [1.165, 1.54) is 12.8 Å². The van der Waals surface area contributed by atoms with Crippen LogP contribution in [-0.4, -0.2) is 24.5 Å². The van der Waals surface area contributed by atoms with Crippen LogP contribution in [0.5, 0.6) is 0 Å². The van der Waals surface area contributed by atoms with Gasteiger partial charge in [-0.05, 0) is 49.8 Å². The first kappa shape index (κ1) is 16.4. The second kappa shape index (κ2) is 6.32. The van der Waals surface area contributed by atoms with Crippen LogP contribution >= 0.6 is 0 Å². The van der Waals surface area contributed by atoms with Gasteiger partial charge in [0.2, 0.25) is 0 Å². The first-order chi connectivity index (χ1) is 12.1. The molecule has 1 N–H and O–H groups in total. The lowest BCUT2D eigenvalue weighted by molar-refractivity contribution is -0.146. The van der Waals surface area contributed by atoms with Crippen molar-refractivity contribution in [2.75, 3.05) is 6.61 Å². The first-order valence-electron chi connectivity index (χ1n) is 9.30. The van der Waals surface area contributed by atoms with Gasteiger partial charge in [-0.1, -0.05) is 37.1 Å². The molecule has 2 saturated carbocycles. The van der Waals surface area contributed by atoms with Crippen molar-refractivity contribution in [3.63, 3.8) is 0 Å². The molecule has 0 spiro atoms. The van der Waals surface area contributed by atoms with Gasteiger partial charge < -0.3 is 10.1 Å². The fraction of sp³-hybridized carbons (Fsp3) is 0.524. The summed E-state index contributed by atoms with van der Waals surface area (Å²) in [7, 11) is 0. The number of benzene rings is 1. The number of carbonyl (C=O) groups is 2. The van der Waals surface area contributed by atoms with E-state index in [2.05, 4.69) is 11.9 Å². The van der Waals surface area contributed by atoms with Crippen molar-refractivity contribution in [2.45, 2.75) is 51.0 Å². The molecular weight excluding hydrogens is 314 g/mol. The van der Waals surface area contributed by atoms with Crippen LogP contribution in [-0.2, 0) is 16.0 Å². The van der Waals surface area contributed by atoms with Gasteiger partial charge >= 0.3 is 5.97 Å². The number of rotatable bonds is 4. The van der Waals surface area contributed by atoms with Crippen molar-refractivity contribution < 1.29 is 14.3 Å². The summed E-state index contributed by atoms with van der Waals surface area (Å²) in [6, 6.07) is 8.01. The highest BCUT2D eigenvalue weighted by molar-refractivity contribution is 5.94. The Kier molecular flexibility index (Phi) is 4.14. The molecule has 1 aromatic carbocycles. The molecule has 0 radical (unpaired) electrons. The Balaban J connectivity index is 1.46. The monoisotopic (exact) mass is 339 g/mol. The summed E-state index contributed by atoms with van der Waals surface area (Å²) >= 11 is 0. The Morgan fingerprint density at radius 3 is 2.68 bits per heavy atom. The lowest BCUT2D eigenvalue weighted by Gasteiger charge is -2.24. The van der Waals surface area contributed by atoms with E-state index in [-0.39, 0.29) is 17.8 Å². The molecule has 4 heteroatoms. The van der Waals surface area contributed by atoms with Crippen molar-refractivity contribution in [2.24, 2.45) is 11.3 Å². The largest absolute Gasteiger partial charge is 0.465 e. The molecule has 2 unspecified atom stereocenters. The summed E-state index contributed by atoms with van der Waals surface area (Å²) in [5.41, 5.74) is 2.48. The SMILES string of the molecule is C=C1CC2COC(=O)C2(Cc2ccc(C(=O)NC3CCCC3)cc2)C1. The standard InChI is InChI=1S/C21H25NO3/c1-14-10-17-13-25-20(24)21(17,11-14)12-15-6-8-16(9-7-15)19(23)22-18-4-2-3-5-18/h6-9,17-18H,1-5,10-13H2,(H,22,23). The number of ether oxygens (including phenoxy) is 1. The average molecular weight is 339 g/mol. The Bertz CT molecular complexity index is 702. The van der Waals surface area contributed by atoms with E-state index >= 15 is 0 Å².